The Labute approximate surface area is 301 Å². The van der Waals surface area contributed by atoms with Crippen molar-refractivity contribution in [3.8, 4) is 17.2 Å². The molecule has 3 fully saturated rings. The lowest BCUT2D eigenvalue weighted by atomic mass is 9.62. The van der Waals surface area contributed by atoms with Gasteiger partial charge in [-0.3, -0.25) is 9.59 Å². The minimum absolute atomic E-state index is 0.0835. The number of amides is 1. The molecule has 1 aliphatic carbocycles. The number of carbonyl (C=O) groups is 1. The molecular formula is C41H41N5O6. The van der Waals surface area contributed by atoms with Crippen LogP contribution < -0.4 is 30.4 Å². The Balaban J connectivity index is 1.02. The summed E-state index contributed by atoms with van der Waals surface area (Å²) >= 11 is 0. The third-order valence-corrected chi connectivity index (χ3v) is 10.6. The van der Waals surface area contributed by atoms with Gasteiger partial charge in [0.05, 0.1) is 39.0 Å². The lowest BCUT2D eigenvalue weighted by Crippen LogP contribution is -2.56. The molecule has 2 aliphatic heterocycles. The number of pyridine rings is 2. The van der Waals surface area contributed by atoms with Crippen LogP contribution in [0.3, 0.4) is 0 Å². The largest absolute Gasteiger partial charge is 0.497 e. The van der Waals surface area contributed by atoms with E-state index in [0.717, 1.165) is 68.7 Å². The highest BCUT2D eigenvalue weighted by atomic mass is 16.5. The van der Waals surface area contributed by atoms with E-state index >= 15 is 0 Å². The van der Waals surface area contributed by atoms with Crippen LogP contribution in [-0.4, -0.2) is 59.8 Å². The van der Waals surface area contributed by atoms with Gasteiger partial charge in [0, 0.05) is 84.0 Å². The molecule has 2 N–H and O–H groups in total. The highest BCUT2D eigenvalue weighted by molar-refractivity contribution is 6.00. The first-order valence-electron chi connectivity index (χ1n) is 17.4. The van der Waals surface area contributed by atoms with Crippen LogP contribution in [0.5, 0.6) is 17.2 Å². The van der Waals surface area contributed by atoms with Crippen LogP contribution in [0.15, 0.2) is 107 Å². The van der Waals surface area contributed by atoms with Gasteiger partial charge in [0.25, 0.3) is 5.56 Å². The molecule has 0 atom stereocenters. The number of aromatic nitrogens is 2. The second kappa shape index (κ2) is 13.3. The van der Waals surface area contributed by atoms with Crippen molar-refractivity contribution in [3.63, 3.8) is 0 Å². The summed E-state index contributed by atoms with van der Waals surface area (Å²) in [6.07, 6.45) is 7.08. The van der Waals surface area contributed by atoms with Crippen molar-refractivity contribution in [2.45, 2.75) is 31.3 Å². The molecule has 266 valence electrons. The molecule has 0 spiro atoms. The van der Waals surface area contributed by atoms with Crippen LogP contribution in [0.2, 0.25) is 0 Å². The second-order valence-corrected chi connectivity index (χ2v) is 14.1. The number of carbonyl (C=O) groups excluding carboxylic acids is 1. The number of ether oxygens (including phenoxy) is 3. The van der Waals surface area contributed by atoms with E-state index in [-0.39, 0.29) is 22.4 Å². The van der Waals surface area contributed by atoms with Crippen molar-refractivity contribution in [2.24, 2.45) is 12.5 Å². The average molecular weight is 700 g/mol. The maximum Gasteiger partial charge on any atom is 0.253 e. The zero-order valence-electron chi connectivity index (χ0n) is 29.5. The van der Waals surface area contributed by atoms with E-state index in [1.807, 2.05) is 60.8 Å². The van der Waals surface area contributed by atoms with Crippen LogP contribution in [0.4, 0.5) is 11.5 Å². The van der Waals surface area contributed by atoms with Gasteiger partial charge in [0.15, 0.2) is 0 Å². The topological polar surface area (TPSA) is 120 Å². The predicted molar refractivity (Wildman–Crippen MR) is 200 cm³/mol. The third-order valence-electron chi connectivity index (χ3n) is 10.6. The maximum atomic E-state index is 14.1. The van der Waals surface area contributed by atoms with Gasteiger partial charge in [0.2, 0.25) is 5.91 Å². The SMILES string of the molecule is COc1ccc(CNc2nccc3c(NCC45CC(COc6ccn(C)c(=O)c6)(CN4C(=O)Cc4ccc6occc6c4)C5)cccc23)c(OC)c1. The van der Waals surface area contributed by atoms with Crippen LogP contribution in [0, 0.1) is 5.41 Å². The molecule has 52 heavy (non-hydrogen) atoms. The molecular weight excluding hydrogens is 658 g/mol. The summed E-state index contributed by atoms with van der Waals surface area (Å²) in [4.78, 5) is 33.1. The molecule has 2 bridgehead atoms. The maximum absolute atomic E-state index is 14.1. The third kappa shape index (κ3) is 6.16. The van der Waals surface area contributed by atoms with Gasteiger partial charge in [0.1, 0.15) is 28.6 Å². The van der Waals surface area contributed by atoms with Crippen molar-refractivity contribution in [2.75, 3.05) is 44.5 Å². The molecule has 3 aliphatic rings. The van der Waals surface area contributed by atoms with Gasteiger partial charge in [-0.15, -0.1) is 0 Å². The quantitative estimate of drug-likeness (QED) is 0.141. The Hall–Kier alpha value is -5.97. The number of hydrogen-bond acceptors (Lipinski definition) is 9. The Morgan fingerprint density at radius 1 is 0.942 bits per heavy atom. The van der Waals surface area contributed by atoms with E-state index in [1.165, 1.54) is 10.6 Å². The fourth-order valence-corrected chi connectivity index (χ4v) is 8.06. The van der Waals surface area contributed by atoms with Gasteiger partial charge in [-0.05, 0) is 66.9 Å². The van der Waals surface area contributed by atoms with E-state index < -0.39 is 0 Å². The zero-order chi connectivity index (χ0) is 35.9. The summed E-state index contributed by atoms with van der Waals surface area (Å²) < 4.78 is 24.2. The molecule has 0 unspecified atom stereocenters. The zero-order valence-corrected chi connectivity index (χ0v) is 29.5. The summed E-state index contributed by atoms with van der Waals surface area (Å²) in [7, 11) is 5.00. The van der Waals surface area contributed by atoms with Crippen molar-refractivity contribution < 1.29 is 23.4 Å². The number of furan rings is 1. The highest BCUT2D eigenvalue weighted by Gasteiger charge is 2.66. The molecule has 1 amide bonds. The molecule has 5 heterocycles. The molecule has 11 nitrogen and oxygen atoms in total. The summed E-state index contributed by atoms with van der Waals surface area (Å²) in [6, 6.07) is 25.1. The van der Waals surface area contributed by atoms with Crippen LogP contribution in [0.25, 0.3) is 21.7 Å². The monoisotopic (exact) mass is 699 g/mol. The first-order chi connectivity index (χ1) is 25.3. The molecule has 0 radical (unpaired) electrons. The van der Waals surface area contributed by atoms with E-state index in [2.05, 4.69) is 32.7 Å². The van der Waals surface area contributed by atoms with E-state index in [9.17, 15) is 9.59 Å². The van der Waals surface area contributed by atoms with Gasteiger partial charge in [-0.1, -0.05) is 18.2 Å². The standard InChI is InChI=1S/C41H41N5O6/c1-45-15-12-31(20-37(45)47)52-26-40-22-41(23-40,46(25-40)38(48)18-27-7-10-35-28(17-27)13-16-51-35)24-44-34-6-4-5-33-32(34)11-14-42-39(33)43-21-29-8-9-30(49-2)19-36(29)50-3/h4-17,19-20,44H,18,21-26H2,1-3H3,(H,42,43). The highest BCUT2D eigenvalue weighted by Crippen LogP contribution is 2.59. The number of benzene rings is 3. The summed E-state index contributed by atoms with van der Waals surface area (Å²) in [5.41, 5.74) is 3.01. The molecule has 3 aromatic heterocycles. The number of methoxy groups -OCH3 is 2. The molecule has 2 saturated heterocycles. The summed E-state index contributed by atoms with van der Waals surface area (Å²) in [5, 5.41) is 10.2. The first-order valence-corrected chi connectivity index (χ1v) is 17.4. The Bertz CT molecular complexity index is 2340. The number of hydrogen-bond donors (Lipinski definition) is 2. The first kappa shape index (κ1) is 33.2. The van der Waals surface area contributed by atoms with Gasteiger partial charge >= 0.3 is 0 Å². The number of nitrogens with one attached hydrogen (secondary N) is 2. The van der Waals surface area contributed by atoms with Gasteiger partial charge < -0.3 is 38.7 Å². The molecule has 6 aromatic rings. The van der Waals surface area contributed by atoms with Gasteiger partial charge in [-0.2, -0.15) is 0 Å². The van der Waals surface area contributed by atoms with Crippen molar-refractivity contribution in [1.82, 2.24) is 14.5 Å². The van der Waals surface area contributed by atoms with Crippen molar-refractivity contribution in [3.05, 3.63) is 119 Å². The molecule has 3 aromatic carbocycles. The summed E-state index contributed by atoms with van der Waals surface area (Å²) in [6.45, 7) is 2.13. The van der Waals surface area contributed by atoms with Crippen molar-refractivity contribution in [1.29, 1.82) is 0 Å². The van der Waals surface area contributed by atoms with Crippen molar-refractivity contribution >= 4 is 39.2 Å². The Morgan fingerprint density at radius 3 is 2.65 bits per heavy atom. The van der Waals surface area contributed by atoms with E-state index in [0.29, 0.717) is 38.4 Å². The summed E-state index contributed by atoms with van der Waals surface area (Å²) in [5.74, 6) is 2.86. The Kier molecular flexibility index (Phi) is 8.49. The number of nitrogens with zero attached hydrogens (tertiary/aromatic N) is 3. The Morgan fingerprint density at radius 2 is 1.83 bits per heavy atom. The van der Waals surface area contributed by atoms with Crippen LogP contribution >= 0.6 is 0 Å². The van der Waals surface area contributed by atoms with Gasteiger partial charge in [-0.25, -0.2) is 4.98 Å². The predicted octanol–water partition coefficient (Wildman–Crippen LogP) is 6.40. The minimum atomic E-state index is -0.381. The lowest BCUT2D eigenvalue weighted by Gasteiger charge is -2.47. The molecule has 11 heteroatoms. The second-order valence-electron chi connectivity index (χ2n) is 14.1. The molecule has 1 saturated carbocycles. The number of rotatable bonds is 13. The minimum Gasteiger partial charge on any atom is -0.497 e. The van der Waals surface area contributed by atoms with E-state index in [4.69, 9.17) is 18.6 Å². The smallest absolute Gasteiger partial charge is 0.253 e. The number of fused-ring (bicyclic) bond motifs is 3. The normalized spacial score (nSPS) is 19.0. The lowest BCUT2D eigenvalue weighted by molar-refractivity contribution is -0.133. The average Bonchev–Trinajstić information content (AvgIpc) is 3.84. The fourth-order valence-electron chi connectivity index (χ4n) is 8.06. The number of anilines is 2. The van der Waals surface area contributed by atoms with Crippen LogP contribution in [0.1, 0.15) is 24.0 Å². The van der Waals surface area contributed by atoms with Crippen LogP contribution in [-0.2, 0) is 24.8 Å². The molecule has 9 rings (SSSR count). The van der Waals surface area contributed by atoms with E-state index in [1.54, 1.807) is 39.8 Å². The fraction of sp³-hybridized carbons (Fsp3) is 0.293. The number of aryl methyl sites for hydroxylation is 1.